The second kappa shape index (κ2) is 5.18. The predicted molar refractivity (Wildman–Crippen MR) is 66.6 cm³/mol. The van der Waals surface area contributed by atoms with Crippen LogP contribution in [0.2, 0.25) is 0 Å². The zero-order valence-corrected chi connectivity index (χ0v) is 10.3. The van der Waals surface area contributed by atoms with Gasteiger partial charge >= 0.3 is 0 Å². The summed E-state index contributed by atoms with van der Waals surface area (Å²) in [4.78, 5) is 9.62. The molecule has 0 spiro atoms. The molecule has 0 fully saturated rings. The fourth-order valence-corrected chi connectivity index (χ4v) is 2.36. The van der Waals surface area contributed by atoms with E-state index in [-0.39, 0.29) is 0 Å². The third-order valence-corrected chi connectivity index (χ3v) is 3.36. The molecule has 0 radical (unpaired) electrons. The molecule has 1 atom stereocenters. The van der Waals surface area contributed by atoms with E-state index in [1.54, 1.807) is 11.3 Å². The van der Waals surface area contributed by atoms with Gasteiger partial charge in [-0.25, -0.2) is 0 Å². The number of nitrogens with one attached hydrogen (secondary N) is 1. The Labute approximate surface area is 99.6 Å². The monoisotopic (exact) mass is 233 g/mol. The Morgan fingerprint density at radius 3 is 3.00 bits per heavy atom. The Morgan fingerprint density at radius 2 is 2.38 bits per heavy atom. The number of aromatic nitrogens is 2. The van der Waals surface area contributed by atoms with Gasteiger partial charge in [-0.1, -0.05) is 0 Å². The van der Waals surface area contributed by atoms with Crippen molar-refractivity contribution in [1.82, 2.24) is 15.3 Å². The van der Waals surface area contributed by atoms with Crippen LogP contribution >= 0.6 is 11.3 Å². The van der Waals surface area contributed by atoms with Crippen LogP contribution in [-0.2, 0) is 6.42 Å². The standard InChI is InChI=1S/C12H15N3S/c1-9-5-10(3-4-15-9)12(13-2)6-11-7-14-8-16-11/h3-5,7-8,12-13H,6H2,1-2H3. The first-order valence-electron chi connectivity index (χ1n) is 5.27. The third kappa shape index (κ3) is 2.65. The van der Waals surface area contributed by atoms with Crippen molar-refractivity contribution in [3.8, 4) is 0 Å². The molecule has 16 heavy (non-hydrogen) atoms. The van der Waals surface area contributed by atoms with Gasteiger partial charge in [0.1, 0.15) is 0 Å². The first-order valence-corrected chi connectivity index (χ1v) is 6.14. The molecule has 2 aromatic heterocycles. The van der Waals surface area contributed by atoms with E-state index in [9.17, 15) is 0 Å². The molecule has 3 nitrogen and oxygen atoms in total. The molecular formula is C12H15N3S. The van der Waals surface area contributed by atoms with Crippen molar-refractivity contribution in [1.29, 1.82) is 0 Å². The highest BCUT2D eigenvalue weighted by Crippen LogP contribution is 2.20. The van der Waals surface area contributed by atoms with Gasteiger partial charge in [-0.05, 0) is 31.7 Å². The smallest absolute Gasteiger partial charge is 0.0794 e. The van der Waals surface area contributed by atoms with Crippen LogP contribution in [0.25, 0.3) is 0 Å². The van der Waals surface area contributed by atoms with Crippen molar-refractivity contribution in [3.63, 3.8) is 0 Å². The summed E-state index contributed by atoms with van der Waals surface area (Å²) in [5.41, 5.74) is 4.21. The number of hydrogen-bond acceptors (Lipinski definition) is 4. The SMILES string of the molecule is CNC(Cc1cncs1)c1ccnc(C)c1. The maximum atomic E-state index is 4.22. The Bertz CT molecular complexity index is 439. The molecule has 0 amide bonds. The topological polar surface area (TPSA) is 37.8 Å². The van der Waals surface area contributed by atoms with Gasteiger partial charge in [-0.3, -0.25) is 9.97 Å². The lowest BCUT2D eigenvalue weighted by atomic mass is 10.0. The molecule has 0 saturated heterocycles. The van der Waals surface area contributed by atoms with Crippen molar-refractivity contribution in [2.24, 2.45) is 0 Å². The van der Waals surface area contributed by atoms with E-state index in [4.69, 9.17) is 0 Å². The van der Waals surface area contributed by atoms with E-state index in [1.807, 2.05) is 31.9 Å². The van der Waals surface area contributed by atoms with E-state index in [0.29, 0.717) is 6.04 Å². The van der Waals surface area contributed by atoms with E-state index in [2.05, 4.69) is 27.4 Å². The summed E-state index contributed by atoms with van der Waals surface area (Å²) in [5.74, 6) is 0. The third-order valence-electron chi connectivity index (χ3n) is 2.56. The van der Waals surface area contributed by atoms with Crippen LogP contribution in [0.1, 0.15) is 22.2 Å². The summed E-state index contributed by atoms with van der Waals surface area (Å²) >= 11 is 1.70. The minimum absolute atomic E-state index is 0.335. The zero-order chi connectivity index (χ0) is 11.4. The first kappa shape index (κ1) is 11.2. The summed E-state index contributed by atoms with van der Waals surface area (Å²) in [5, 5.41) is 3.33. The lowest BCUT2D eigenvalue weighted by Gasteiger charge is -2.15. The van der Waals surface area contributed by atoms with Gasteiger partial charge in [0.05, 0.1) is 5.51 Å². The van der Waals surface area contributed by atoms with Gasteiger partial charge in [0.15, 0.2) is 0 Å². The van der Waals surface area contributed by atoms with Gasteiger partial charge in [0, 0.05) is 35.4 Å². The fraction of sp³-hybridized carbons (Fsp3) is 0.333. The minimum Gasteiger partial charge on any atom is -0.313 e. The number of thiazole rings is 1. The number of rotatable bonds is 4. The second-order valence-electron chi connectivity index (χ2n) is 3.74. The molecule has 0 aliphatic rings. The van der Waals surface area contributed by atoms with Crippen molar-refractivity contribution < 1.29 is 0 Å². The molecule has 2 heterocycles. The maximum absolute atomic E-state index is 4.22. The Hall–Kier alpha value is -1.26. The molecular weight excluding hydrogens is 218 g/mol. The van der Waals surface area contributed by atoms with Crippen LogP contribution in [-0.4, -0.2) is 17.0 Å². The lowest BCUT2D eigenvalue weighted by molar-refractivity contribution is 0.595. The molecule has 1 unspecified atom stereocenters. The Balaban J connectivity index is 2.16. The van der Waals surface area contributed by atoms with E-state index in [0.717, 1.165) is 12.1 Å². The summed E-state index contributed by atoms with van der Waals surface area (Å²) in [6, 6.07) is 4.53. The van der Waals surface area contributed by atoms with Crippen molar-refractivity contribution in [3.05, 3.63) is 46.2 Å². The number of likely N-dealkylation sites (N-methyl/N-ethyl adjacent to an activating group) is 1. The average molecular weight is 233 g/mol. The summed E-state index contributed by atoms with van der Waals surface area (Å²) in [7, 11) is 1.99. The van der Waals surface area contributed by atoms with E-state index in [1.165, 1.54) is 10.4 Å². The van der Waals surface area contributed by atoms with Crippen molar-refractivity contribution in [2.45, 2.75) is 19.4 Å². The highest BCUT2D eigenvalue weighted by molar-refractivity contribution is 7.09. The van der Waals surface area contributed by atoms with Gasteiger partial charge in [0.25, 0.3) is 0 Å². The summed E-state index contributed by atoms with van der Waals surface area (Å²) in [6.45, 7) is 2.02. The van der Waals surface area contributed by atoms with Crippen LogP contribution < -0.4 is 5.32 Å². The first-order chi connectivity index (χ1) is 7.79. The molecule has 1 N–H and O–H groups in total. The molecule has 0 aromatic carbocycles. The fourth-order valence-electron chi connectivity index (χ4n) is 1.71. The van der Waals surface area contributed by atoms with Crippen molar-refractivity contribution >= 4 is 11.3 Å². The number of hydrogen-bond donors (Lipinski definition) is 1. The molecule has 4 heteroatoms. The van der Waals surface area contributed by atoms with Gasteiger partial charge < -0.3 is 5.32 Å². The van der Waals surface area contributed by atoms with Crippen LogP contribution in [0.3, 0.4) is 0 Å². The number of pyridine rings is 1. The number of aryl methyl sites for hydroxylation is 1. The molecule has 84 valence electrons. The second-order valence-corrected chi connectivity index (χ2v) is 4.71. The molecule has 2 rings (SSSR count). The Morgan fingerprint density at radius 1 is 1.50 bits per heavy atom. The molecule has 2 aromatic rings. The van der Waals surface area contributed by atoms with Gasteiger partial charge in [-0.2, -0.15) is 0 Å². The zero-order valence-electron chi connectivity index (χ0n) is 9.47. The molecule has 0 bridgehead atoms. The highest BCUT2D eigenvalue weighted by Gasteiger charge is 2.11. The normalized spacial score (nSPS) is 12.6. The largest absolute Gasteiger partial charge is 0.313 e. The van der Waals surface area contributed by atoms with Crippen LogP contribution in [0.5, 0.6) is 0 Å². The summed E-state index contributed by atoms with van der Waals surface area (Å²) in [6.07, 6.45) is 4.77. The van der Waals surface area contributed by atoms with Crippen LogP contribution in [0, 0.1) is 6.92 Å². The van der Waals surface area contributed by atoms with Gasteiger partial charge in [-0.15, -0.1) is 11.3 Å². The summed E-state index contributed by atoms with van der Waals surface area (Å²) < 4.78 is 0. The lowest BCUT2D eigenvalue weighted by Crippen LogP contribution is -2.18. The molecule has 0 aliphatic carbocycles. The van der Waals surface area contributed by atoms with E-state index >= 15 is 0 Å². The molecule has 0 aliphatic heterocycles. The average Bonchev–Trinajstić information content (AvgIpc) is 2.78. The Kier molecular flexibility index (Phi) is 3.64. The van der Waals surface area contributed by atoms with E-state index < -0.39 is 0 Å². The van der Waals surface area contributed by atoms with Crippen molar-refractivity contribution in [2.75, 3.05) is 7.05 Å². The quantitative estimate of drug-likeness (QED) is 0.881. The molecule has 0 saturated carbocycles. The van der Waals surface area contributed by atoms with Crippen LogP contribution in [0.15, 0.2) is 30.0 Å². The van der Waals surface area contributed by atoms with Gasteiger partial charge in [0.2, 0.25) is 0 Å². The number of nitrogens with zero attached hydrogens (tertiary/aromatic N) is 2. The highest BCUT2D eigenvalue weighted by atomic mass is 32.1. The predicted octanol–water partition coefficient (Wildman–Crippen LogP) is 2.35. The maximum Gasteiger partial charge on any atom is 0.0794 e. The van der Waals surface area contributed by atoms with Crippen LogP contribution in [0.4, 0.5) is 0 Å². The minimum atomic E-state index is 0.335.